The second kappa shape index (κ2) is 4.90. The number of carbonyl (C=O) groups is 1. The highest BCUT2D eigenvalue weighted by molar-refractivity contribution is 5.74. The monoisotopic (exact) mass is 265 g/mol. The molecule has 1 heterocycles. The van der Waals surface area contributed by atoms with Gasteiger partial charge in [0.05, 0.1) is 13.2 Å². The molecule has 4 nitrogen and oxygen atoms in total. The van der Waals surface area contributed by atoms with Crippen molar-refractivity contribution in [1.29, 1.82) is 0 Å². The zero-order valence-corrected chi connectivity index (χ0v) is 10.5. The van der Waals surface area contributed by atoms with E-state index in [1.54, 1.807) is 12.1 Å². The Morgan fingerprint density at radius 3 is 3.11 bits per heavy atom. The maximum Gasteiger partial charge on any atom is 0.323 e. The Morgan fingerprint density at radius 2 is 2.32 bits per heavy atom. The fraction of sp³-hybridized carbons (Fsp3) is 0.500. The molecule has 0 radical (unpaired) electrons. The van der Waals surface area contributed by atoms with Crippen molar-refractivity contribution in [2.45, 2.75) is 24.9 Å². The van der Waals surface area contributed by atoms with Crippen LogP contribution < -0.4 is 0 Å². The maximum atomic E-state index is 13.2. The van der Waals surface area contributed by atoms with Crippen LogP contribution >= 0.6 is 0 Å². The molecule has 1 aromatic carbocycles. The summed E-state index contributed by atoms with van der Waals surface area (Å²) in [5.41, 5.74) is 2.06. The van der Waals surface area contributed by atoms with Gasteiger partial charge in [0.2, 0.25) is 0 Å². The molecular formula is C14H16FNO3. The van der Waals surface area contributed by atoms with Gasteiger partial charge >= 0.3 is 5.97 Å². The zero-order valence-electron chi connectivity index (χ0n) is 10.5. The summed E-state index contributed by atoms with van der Waals surface area (Å²) in [6.07, 6.45) is 1.66. The molecule has 0 bridgehead atoms. The first-order valence-electron chi connectivity index (χ1n) is 6.51. The Kier molecular flexibility index (Phi) is 3.24. The zero-order chi connectivity index (χ0) is 13.4. The SMILES string of the molecule is O=C(O)C1COCCN1C1CCc2cc(F)ccc21. The predicted octanol–water partition coefficient (Wildman–Crippen LogP) is 1.60. The van der Waals surface area contributed by atoms with Gasteiger partial charge in [0, 0.05) is 12.6 Å². The van der Waals surface area contributed by atoms with Crippen LogP contribution in [-0.2, 0) is 16.0 Å². The van der Waals surface area contributed by atoms with Crippen LogP contribution in [-0.4, -0.2) is 41.8 Å². The molecule has 2 aliphatic rings. The van der Waals surface area contributed by atoms with Crippen molar-refractivity contribution in [2.75, 3.05) is 19.8 Å². The molecule has 3 rings (SSSR count). The smallest absolute Gasteiger partial charge is 0.323 e. The highest BCUT2D eigenvalue weighted by atomic mass is 19.1. The summed E-state index contributed by atoms with van der Waals surface area (Å²) in [5, 5.41) is 9.28. The van der Waals surface area contributed by atoms with E-state index in [9.17, 15) is 14.3 Å². The average molecular weight is 265 g/mol. The highest BCUT2D eigenvalue weighted by Gasteiger charge is 2.37. The van der Waals surface area contributed by atoms with E-state index in [4.69, 9.17) is 4.74 Å². The third kappa shape index (κ3) is 2.24. The standard InChI is InChI=1S/C14H16FNO3/c15-10-2-3-11-9(7-10)1-4-12(11)16-5-6-19-8-13(16)14(17)18/h2-3,7,12-13H,1,4-6,8H2,(H,17,18). The van der Waals surface area contributed by atoms with E-state index in [1.165, 1.54) is 6.07 Å². The summed E-state index contributed by atoms with van der Waals surface area (Å²) in [7, 11) is 0. The number of aryl methyl sites for hydroxylation is 1. The number of nitrogens with zero attached hydrogens (tertiary/aromatic N) is 1. The van der Waals surface area contributed by atoms with E-state index < -0.39 is 12.0 Å². The fourth-order valence-electron chi connectivity index (χ4n) is 3.11. The largest absolute Gasteiger partial charge is 0.480 e. The van der Waals surface area contributed by atoms with Gasteiger partial charge < -0.3 is 9.84 Å². The average Bonchev–Trinajstić information content (AvgIpc) is 2.81. The Morgan fingerprint density at radius 1 is 1.47 bits per heavy atom. The molecule has 102 valence electrons. The van der Waals surface area contributed by atoms with Gasteiger partial charge in [0.15, 0.2) is 0 Å². The van der Waals surface area contributed by atoms with Crippen molar-refractivity contribution in [3.05, 3.63) is 35.1 Å². The third-order valence-corrected chi connectivity index (χ3v) is 4.01. The molecule has 5 heteroatoms. The first kappa shape index (κ1) is 12.6. The van der Waals surface area contributed by atoms with Crippen LogP contribution in [0.2, 0.25) is 0 Å². The van der Waals surface area contributed by atoms with Gasteiger partial charge in [-0.2, -0.15) is 0 Å². The number of rotatable bonds is 2. The van der Waals surface area contributed by atoms with Crippen molar-refractivity contribution in [3.8, 4) is 0 Å². The van der Waals surface area contributed by atoms with Gasteiger partial charge in [-0.3, -0.25) is 9.69 Å². The second-order valence-corrected chi connectivity index (χ2v) is 5.06. The Labute approximate surface area is 110 Å². The third-order valence-electron chi connectivity index (χ3n) is 4.01. The molecule has 1 aliphatic carbocycles. The number of benzene rings is 1. The van der Waals surface area contributed by atoms with Crippen molar-refractivity contribution >= 4 is 5.97 Å². The molecule has 1 fully saturated rings. The van der Waals surface area contributed by atoms with Crippen LogP contribution in [0.1, 0.15) is 23.6 Å². The number of halogens is 1. The number of ether oxygens (including phenoxy) is 1. The number of morpholine rings is 1. The van der Waals surface area contributed by atoms with Gasteiger partial charge in [-0.25, -0.2) is 4.39 Å². The predicted molar refractivity (Wildman–Crippen MR) is 66.4 cm³/mol. The Bertz CT molecular complexity index is 505. The first-order valence-corrected chi connectivity index (χ1v) is 6.51. The highest BCUT2D eigenvalue weighted by Crippen LogP contribution is 2.37. The molecule has 0 aromatic heterocycles. The van der Waals surface area contributed by atoms with Crippen LogP contribution in [0.5, 0.6) is 0 Å². The van der Waals surface area contributed by atoms with Crippen molar-refractivity contribution in [2.24, 2.45) is 0 Å². The normalized spacial score (nSPS) is 27.2. The summed E-state index contributed by atoms with van der Waals surface area (Å²) >= 11 is 0. The minimum absolute atomic E-state index is 0.0700. The number of aliphatic carboxylic acids is 1. The fourth-order valence-corrected chi connectivity index (χ4v) is 3.11. The number of carboxylic acids is 1. The lowest BCUT2D eigenvalue weighted by atomic mass is 10.0. The first-order chi connectivity index (χ1) is 9.16. The lowest BCUT2D eigenvalue weighted by molar-refractivity contribution is -0.151. The number of hydrogen-bond donors (Lipinski definition) is 1. The summed E-state index contributed by atoms with van der Waals surface area (Å²) in [6.45, 7) is 1.39. The van der Waals surface area contributed by atoms with Crippen LogP contribution in [0.3, 0.4) is 0 Å². The minimum atomic E-state index is -0.852. The molecule has 0 amide bonds. The number of hydrogen-bond acceptors (Lipinski definition) is 3. The quantitative estimate of drug-likeness (QED) is 0.882. The lowest BCUT2D eigenvalue weighted by Crippen LogP contribution is -2.50. The maximum absolute atomic E-state index is 13.2. The molecular weight excluding hydrogens is 249 g/mol. The Balaban J connectivity index is 1.89. The van der Waals surface area contributed by atoms with Crippen molar-refractivity contribution < 1.29 is 19.0 Å². The van der Waals surface area contributed by atoms with Crippen molar-refractivity contribution in [3.63, 3.8) is 0 Å². The number of fused-ring (bicyclic) bond motifs is 1. The molecule has 0 spiro atoms. The van der Waals surface area contributed by atoms with E-state index in [2.05, 4.69) is 0 Å². The van der Waals surface area contributed by atoms with E-state index in [0.717, 1.165) is 24.0 Å². The van der Waals surface area contributed by atoms with E-state index >= 15 is 0 Å². The van der Waals surface area contributed by atoms with E-state index in [0.29, 0.717) is 13.2 Å². The van der Waals surface area contributed by atoms with E-state index in [1.807, 2.05) is 4.90 Å². The minimum Gasteiger partial charge on any atom is -0.480 e. The molecule has 2 unspecified atom stereocenters. The molecule has 1 N–H and O–H groups in total. The van der Waals surface area contributed by atoms with Crippen LogP contribution in [0.15, 0.2) is 18.2 Å². The second-order valence-electron chi connectivity index (χ2n) is 5.06. The summed E-state index contributed by atoms with van der Waals surface area (Å²) in [5.74, 6) is -1.08. The number of carboxylic acid groups (broad SMARTS) is 1. The van der Waals surface area contributed by atoms with Crippen LogP contribution in [0.4, 0.5) is 4.39 Å². The van der Waals surface area contributed by atoms with Gasteiger partial charge in [0.25, 0.3) is 0 Å². The van der Waals surface area contributed by atoms with Gasteiger partial charge in [-0.05, 0) is 36.1 Å². The summed E-state index contributed by atoms with van der Waals surface area (Å²) < 4.78 is 18.5. The molecule has 1 aromatic rings. The molecule has 19 heavy (non-hydrogen) atoms. The van der Waals surface area contributed by atoms with Crippen LogP contribution in [0.25, 0.3) is 0 Å². The van der Waals surface area contributed by atoms with Gasteiger partial charge in [0.1, 0.15) is 11.9 Å². The molecule has 1 saturated heterocycles. The molecule has 0 saturated carbocycles. The van der Waals surface area contributed by atoms with Crippen molar-refractivity contribution in [1.82, 2.24) is 4.90 Å². The summed E-state index contributed by atoms with van der Waals surface area (Å²) in [6, 6.07) is 4.27. The van der Waals surface area contributed by atoms with Crippen LogP contribution in [0, 0.1) is 5.82 Å². The summed E-state index contributed by atoms with van der Waals surface area (Å²) in [4.78, 5) is 13.3. The van der Waals surface area contributed by atoms with Gasteiger partial charge in [-0.15, -0.1) is 0 Å². The topological polar surface area (TPSA) is 49.8 Å². The van der Waals surface area contributed by atoms with Gasteiger partial charge in [-0.1, -0.05) is 6.07 Å². The molecule has 2 atom stereocenters. The van der Waals surface area contributed by atoms with E-state index in [-0.39, 0.29) is 18.5 Å². The molecule has 1 aliphatic heterocycles. The Hall–Kier alpha value is -1.46. The lowest BCUT2D eigenvalue weighted by Gasteiger charge is -2.37.